The maximum absolute atomic E-state index is 12.6. The Morgan fingerprint density at radius 1 is 1.16 bits per heavy atom. The predicted octanol–water partition coefficient (Wildman–Crippen LogP) is 3.61. The molecule has 0 aliphatic carbocycles. The van der Waals surface area contributed by atoms with Crippen LogP contribution in [0.15, 0.2) is 54.7 Å². The summed E-state index contributed by atoms with van der Waals surface area (Å²) in [6.45, 7) is 4.86. The van der Waals surface area contributed by atoms with Crippen molar-refractivity contribution in [3.8, 4) is 0 Å². The quantitative estimate of drug-likeness (QED) is 0.876. The maximum atomic E-state index is 12.6. The molecule has 2 heterocycles. The molecule has 132 valence electrons. The first-order chi connectivity index (χ1) is 12.3. The first-order valence-corrected chi connectivity index (χ1v) is 9.26. The number of carbonyl (C=O) groups is 1. The van der Waals surface area contributed by atoms with E-state index < -0.39 is 0 Å². The molecule has 1 atom stereocenters. The number of hydrogen-bond acceptors (Lipinski definition) is 3. The molecule has 4 heteroatoms. The second-order valence-electron chi connectivity index (χ2n) is 6.74. The van der Waals surface area contributed by atoms with E-state index >= 15 is 0 Å². The zero-order valence-electron chi connectivity index (χ0n) is 14.9. The number of aromatic nitrogens is 1. The molecule has 1 amide bonds. The van der Waals surface area contributed by atoms with Gasteiger partial charge < -0.3 is 10.2 Å². The van der Waals surface area contributed by atoms with Crippen LogP contribution in [0.4, 0.5) is 5.82 Å². The summed E-state index contributed by atoms with van der Waals surface area (Å²) in [6, 6.07) is 16.1. The van der Waals surface area contributed by atoms with Crippen molar-refractivity contribution in [2.45, 2.75) is 32.1 Å². The van der Waals surface area contributed by atoms with E-state index in [2.05, 4.69) is 28.2 Å². The summed E-state index contributed by atoms with van der Waals surface area (Å²) < 4.78 is 0. The average molecular weight is 337 g/mol. The zero-order chi connectivity index (χ0) is 17.5. The van der Waals surface area contributed by atoms with Gasteiger partial charge in [-0.3, -0.25) is 4.79 Å². The largest absolute Gasteiger partial charge is 0.357 e. The molecule has 1 aromatic carbocycles. The molecule has 1 fully saturated rings. The van der Waals surface area contributed by atoms with Crippen LogP contribution in [0.2, 0.25) is 0 Å². The lowest BCUT2D eigenvalue weighted by Crippen LogP contribution is -2.40. The lowest BCUT2D eigenvalue weighted by Gasteiger charge is -2.33. The highest BCUT2D eigenvalue weighted by Gasteiger charge is 2.23. The molecule has 0 radical (unpaired) electrons. The highest BCUT2D eigenvalue weighted by molar-refractivity contribution is 5.83. The van der Waals surface area contributed by atoms with E-state index in [0.29, 0.717) is 5.92 Å². The van der Waals surface area contributed by atoms with Crippen molar-refractivity contribution in [2.75, 3.05) is 24.5 Å². The number of amides is 1. The molecule has 0 bridgehead atoms. The van der Waals surface area contributed by atoms with Crippen molar-refractivity contribution in [1.29, 1.82) is 0 Å². The number of carbonyl (C=O) groups excluding carboxylic acids is 1. The van der Waals surface area contributed by atoms with E-state index in [4.69, 9.17) is 0 Å². The van der Waals surface area contributed by atoms with Crippen LogP contribution in [0.3, 0.4) is 0 Å². The van der Waals surface area contributed by atoms with E-state index in [1.165, 1.54) is 0 Å². The van der Waals surface area contributed by atoms with Crippen LogP contribution in [-0.2, 0) is 4.79 Å². The van der Waals surface area contributed by atoms with E-state index in [-0.39, 0.29) is 11.8 Å². The summed E-state index contributed by atoms with van der Waals surface area (Å²) >= 11 is 0. The van der Waals surface area contributed by atoms with Gasteiger partial charge >= 0.3 is 0 Å². The Bertz CT molecular complexity index is 651. The highest BCUT2D eigenvalue weighted by Crippen LogP contribution is 2.22. The summed E-state index contributed by atoms with van der Waals surface area (Å²) in [5, 5.41) is 3.18. The Balaban J connectivity index is 1.47. The molecular formula is C21H27N3O. The number of nitrogens with one attached hydrogen (secondary N) is 1. The van der Waals surface area contributed by atoms with Gasteiger partial charge in [-0.2, -0.15) is 0 Å². The van der Waals surface area contributed by atoms with Crippen molar-refractivity contribution in [3.05, 3.63) is 60.3 Å². The molecule has 2 aromatic rings. The van der Waals surface area contributed by atoms with Crippen LogP contribution < -0.4 is 10.2 Å². The smallest absolute Gasteiger partial charge is 0.227 e. The van der Waals surface area contributed by atoms with Gasteiger partial charge in [-0.25, -0.2) is 4.98 Å². The number of benzene rings is 1. The van der Waals surface area contributed by atoms with E-state index in [0.717, 1.165) is 50.3 Å². The summed E-state index contributed by atoms with van der Waals surface area (Å²) in [5.41, 5.74) is 1.10. The molecule has 1 unspecified atom stereocenters. The van der Waals surface area contributed by atoms with Crippen LogP contribution in [0, 0.1) is 5.92 Å². The topological polar surface area (TPSA) is 45.2 Å². The second-order valence-corrected chi connectivity index (χ2v) is 6.74. The van der Waals surface area contributed by atoms with Gasteiger partial charge in [-0.15, -0.1) is 0 Å². The Morgan fingerprint density at radius 2 is 1.88 bits per heavy atom. The van der Waals surface area contributed by atoms with Crippen LogP contribution >= 0.6 is 0 Å². The number of hydrogen-bond donors (Lipinski definition) is 1. The normalized spacial score (nSPS) is 16.4. The molecule has 0 saturated carbocycles. The minimum atomic E-state index is -0.0465. The Morgan fingerprint density at radius 3 is 2.52 bits per heavy atom. The third kappa shape index (κ3) is 4.59. The Hall–Kier alpha value is -2.36. The summed E-state index contributed by atoms with van der Waals surface area (Å²) in [4.78, 5) is 19.3. The third-order valence-electron chi connectivity index (χ3n) is 5.08. The predicted molar refractivity (Wildman–Crippen MR) is 102 cm³/mol. The summed E-state index contributed by atoms with van der Waals surface area (Å²) in [5.74, 6) is 1.72. The third-order valence-corrected chi connectivity index (χ3v) is 5.08. The van der Waals surface area contributed by atoms with Crippen molar-refractivity contribution < 1.29 is 4.79 Å². The van der Waals surface area contributed by atoms with Gasteiger partial charge in [0.2, 0.25) is 5.91 Å². The van der Waals surface area contributed by atoms with Crippen molar-refractivity contribution in [3.63, 3.8) is 0 Å². The minimum absolute atomic E-state index is 0.0465. The molecule has 0 spiro atoms. The second kappa shape index (κ2) is 8.65. The Labute approximate surface area is 150 Å². The van der Waals surface area contributed by atoms with E-state index in [1.54, 1.807) is 0 Å². The van der Waals surface area contributed by atoms with E-state index in [1.807, 2.05) is 48.7 Å². The lowest BCUT2D eigenvalue weighted by molar-refractivity contribution is -0.122. The van der Waals surface area contributed by atoms with Crippen molar-refractivity contribution in [2.24, 2.45) is 5.92 Å². The van der Waals surface area contributed by atoms with Gasteiger partial charge in [0.25, 0.3) is 0 Å². The SMILES string of the molecule is CCC(C(=O)NCC1CCN(c2ccccn2)CC1)c1ccccc1. The van der Waals surface area contributed by atoms with Gasteiger partial charge in [0.15, 0.2) is 0 Å². The number of anilines is 1. The van der Waals surface area contributed by atoms with Crippen LogP contribution in [0.1, 0.15) is 37.7 Å². The van der Waals surface area contributed by atoms with Gasteiger partial charge in [0, 0.05) is 25.8 Å². The van der Waals surface area contributed by atoms with E-state index in [9.17, 15) is 4.79 Å². The maximum Gasteiger partial charge on any atom is 0.227 e. The van der Waals surface area contributed by atoms with Gasteiger partial charge in [0.1, 0.15) is 5.82 Å². The molecule has 1 N–H and O–H groups in total. The molecule has 3 rings (SSSR count). The summed E-state index contributed by atoms with van der Waals surface area (Å²) in [6.07, 6.45) is 4.86. The number of piperidine rings is 1. The molecule has 1 saturated heterocycles. The monoisotopic (exact) mass is 337 g/mol. The van der Waals surface area contributed by atoms with Gasteiger partial charge in [0.05, 0.1) is 5.92 Å². The van der Waals surface area contributed by atoms with Crippen LogP contribution in [0.5, 0.6) is 0 Å². The Kier molecular flexibility index (Phi) is 6.04. The molecule has 25 heavy (non-hydrogen) atoms. The van der Waals surface area contributed by atoms with Crippen LogP contribution in [0.25, 0.3) is 0 Å². The fourth-order valence-corrected chi connectivity index (χ4v) is 3.53. The highest BCUT2D eigenvalue weighted by atomic mass is 16.1. The lowest BCUT2D eigenvalue weighted by atomic mass is 9.94. The number of pyridine rings is 1. The van der Waals surface area contributed by atoms with Crippen LogP contribution in [-0.4, -0.2) is 30.5 Å². The average Bonchev–Trinajstić information content (AvgIpc) is 2.69. The zero-order valence-corrected chi connectivity index (χ0v) is 14.9. The first-order valence-electron chi connectivity index (χ1n) is 9.26. The molecule has 1 aromatic heterocycles. The van der Waals surface area contributed by atoms with Gasteiger partial charge in [-0.1, -0.05) is 43.3 Å². The van der Waals surface area contributed by atoms with Crippen molar-refractivity contribution >= 4 is 11.7 Å². The summed E-state index contributed by atoms with van der Waals surface area (Å²) in [7, 11) is 0. The molecule has 1 aliphatic heterocycles. The number of nitrogens with zero attached hydrogens (tertiary/aromatic N) is 2. The fraction of sp³-hybridized carbons (Fsp3) is 0.429. The van der Waals surface area contributed by atoms with Crippen molar-refractivity contribution in [1.82, 2.24) is 10.3 Å². The van der Waals surface area contributed by atoms with Gasteiger partial charge in [-0.05, 0) is 42.9 Å². The first kappa shape index (κ1) is 17.5. The molecular weight excluding hydrogens is 310 g/mol. The standard InChI is InChI=1S/C21H27N3O/c1-2-19(18-8-4-3-5-9-18)21(25)23-16-17-11-14-24(15-12-17)20-10-6-7-13-22-20/h3-10,13,17,19H,2,11-12,14-16H2,1H3,(H,23,25). The minimum Gasteiger partial charge on any atom is -0.357 e. The molecule has 4 nitrogen and oxygen atoms in total. The molecule has 1 aliphatic rings. The fourth-order valence-electron chi connectivity index (χ4n) is 3.53. The number of rotatable bonds is 6.